The molecule has 11 heteroatoms. The maximum atomic E-state index is 13.8. The van der Waals surface area contributed by atoms with Crippen molar-refractivity contribution in [3.63, 3.8) is 0 Å². The molecule has 1 N–H and O–H groups in total. The molecule has 0 bridgehead atoms. The van der Waals surface area contributed by atoms with Crippen molar-refractivity contribution in [3.05, 3.63) is 53.5 Å². The molecule has 0 saturated heterocycles. The van der Waals surface area contributed by atoms with Crippen LogP contribution in [0.5, 0.6) is 0 Å². The summed E-state index contributed by atoms with van der Waals surface area (Å²) in [7, 11) is 0. The van der Waals surface area contributed by atoms with Crippen LogP contribution >= 0.6 is 0 Å². The highest BCUT2D eigenvalue weighted by molar-refractivity contribution is 5.89. The maximum absolute atomic E-state index is 13.8. The molecule has 3 aromatic rings. The van der Waals surface area contributed by atoms with Gasteiger partial charge >= 0.3 is 0 Å². The Bertz CT molecular complexity index is 1220. The van der Waals surface area contributed by atoms with Gasteiger partial charge in [-0.3, -0.25) is 9.59 Å². The van der Waals surface area contributed by atoms with Crippen LogP contribution < -0.4 is 5.32 Å². The number of nitrogens with zero attached hydrogens (tertiary/aromatic N) is 6. The third-order valence-electron chi connectivity index (χ3n) is 7.23. The number of amides is 2. The van der Waals surface area contributed by atoms with E-state index < -0.39 is 11.9 Å². The molecule has 39 heavy (non-hydrogen) atoms. The third-order valence-corrected chi connectivity index (χ3v) is 7.23. The van der Waals surface area contributed by atoms with Crippen LogP contribution in [0.25, 0.3) is 11.6 Å². The number of halogens is 1. The Morgan fingerprint density at radius 2 is 1.82 bits per heavy atom. The van der Waals surface area contributed by atoms with Crippen molar-refractivity contribution < 1.29 is 18.4 Å². The van der Waals surface area contributed by atoms with E-state index in [9.17, 15) is 14.0 Å². The van der Waals surface area contributed by atoms with Crippen molar-refractivity contribution in [2.45, 2.75) is 71.5 Å². The third kappa shape index (κ3) is 7.50. The van der Waals surface area contributed by atoms with Crippen LogP contribution in [0.15, 0.2) is 40.8 Å². The Morgan fingerprint density at radius 1 is 1.10 bits per heavy atom. The molecule has 2 aromatic heterocycles. The first-order valence-electron chi connectivity index (χ1n) is 13.8. The van der Waals surface area contributed by atoms with Crippen molar-refractivity contribution in [1.29, 1.82) is 0 Å². The van der Waals surface area contributed by atoms with E-state index >= 15 is 0 Å². The Labute approximate surface area is 228 Å². The number of furan rings is 1. The number of carbonyl (C=O) groups excluding carboxylic acids is 2. The number of aromatic nitrogens is 4. The molecule has 10 nitrogen and oxygen atoms in total. The van der Waals surface area contributed by atoms with Crippen molar-refractivity contribution in [2.75, 3.05) is 26.2 Å². The number of hydrogen-bond donors (Lipinski definition) is 1. The molecule has 1 unspecified atom stereocenters. The van der Waals surface area contributed by atoms with Crippen molar-refractivity contribution in [1.82, 2.24) is 35.3 Å². The fourth-order valence-corrected chi connectivity index (χ4v) is 5.05. The number of carbonyl (C=O) groups is 2. The molecule has 0 aliphatic heterocycles. The van der Waals surface area contributed by atoms with Crippen LogP contribution in [0.1, 0.15) is 63.3 Å². The average molecular weight is 540 g/mol. The molecule has 0 spiro atoms. The molecule has 0 radical (unpaired) electrons. The van der Waals surface area contributed by atoms with Gasteiger partial charge in [-0.25, -0.2) is 4.39 Å². The highest BCUT2D eigenvalue weighted by Crippen LogP contribution is 2.25. The minimum atomic E-state index is -0.911. The summed E-state index contributed by atoms with van der Waals surface area (Å²) in [5.41, 5.74) is 0.557. The maximum Gasteiger partial charge on any atom is 0.247 e. The number of nitrogens with one attached hydrogen (secondary N) is 1. The lowest BCUT2D eigenvalue weighted by Crippen LogP contribution is -2.48. The zero-order valence-electron chi connectivity index (χ0n) is 23.0. The minimum absolute atomic E-state index is 0.0735. The summed E-state index contributed by atoms with van der Waals surface area (Å²) >= 11 is 0. The Kier molecular flexibility index (Phi) is 9.80. The van der Waals surface area contributed by atoms with Crippen molar-refractivity contribution in [2.24, 2.45) is 0 Å². The topological polar surface area (TPSA) is 109 Å². The van der Waals surface area contributed by atoms with E-state index in [0.29, 0.717) is 30.0 Å². The van der Waals surface area contributed by atoms with Gasteiger partial charge in [0.2, 0.25) is 17.6 Å². The Balaban J connectivity index is 1.60. The van der Waals surface area contributed by atoms with E-state index in [-0.39, 0.29) is 30.2 Å². The van der Waals surface area contributed by atoms with Gasteiger partial charge in [-0.1, -0.05) is 38.8 Å². The van der Waals surface area contributed by atoms with Gasteiger partial charge in [-0.2, -0.15) is 4.80 Å². The molecule has 1 aliphatic rings. The van der Waals surface area contributed by atoms with Crippen LogP contribution in [0.4, 0.5) is 4.39 Å². The van der Waals surface area contributed by atoms with E-state index in [4.69, 9.17) is 4.42 Å². The summed E-state index contributed by atoms with van der Waals surface area (Å²) < 4.78 is 19.4. The number of aryl methyl sites for hydroxylation is 1. The highest BCUT2D eigenvalue weighted by Gasteiger charge is 2.33. The summed E-state index contributed by atoms with van der Waals surface area (Å²) in [6.07, 6.45) is 4.62. The molecule has 2 amide bonds. The Hall–Kier alpha value is -3.60. The Morgan fingerprint density at radius 3 is 2.46 bits per heavy atom. The first-order chi connectivity index (χ1) is 18.9. The summed E-state index contributed by atoms with van der Waals surface area (Å²) in [4.78, 5) is 32.6. The van der Waals surface area contributed by atoms with Crippen LogP contribution in [0.3, 0.4) is 0 Å². The average Bonchev–Trinajstić information content (AvgIpc) is 3.70. The van der Waals surface area contributed by atoms with Gasteiger partial charge < -0.3 is 19.5 Å². The molecular weight excluding hydrogens is 501 g/mol. The summed E-state index contributed by atoms with van der Waals surface area (Å²) in [6, 6.07) is 8.50. The second kappa shape index (κ2) is 13.5. The van der Waals surface area contributed by atoms with E-state index in [1.807, 2.05) is 6.92 Å². The standard InChI is InChI=1S/C28H38FN7O3/c1-4-34(5-2)17-8-18-35(25(37)19-36-32-27(31-33-36)24-16-11-20(3)39-24)26(21-12-14-22(29)15-13-21)28(38)30-23-9-6-7-10-23/h11-16,23,26H,4-10,17-19H2,1-3H3,(H,30,38). The van der Waals surface area contributed by atoms with Gasteiger partial charge in [-0.15, -0.1) is 10.2 Å². The van der Waals surface area contributed by atoms with Gasteiger partial charge in [-0.05, 0) is 80.9 Å². The van der Waals surface area contributed by atoms with Crippen molar-refractivity contribution in [3.8, 4) is 11.6 Å². The predicted molar refractivity (Wildman–Crippen MR) is 144 cm³/mol. The lowest BCUT2D eigenvalue weighted by Gasteiger charge is -2.33. The predicted octanol–water partition coefficient (Wildman–Crippen LogP) is 3.74. The van der Waals surface area contributed by atoms with E-state index in [0.717, 1.165) is 45.3 Å². The molecule has 1 atom stereocenters. The lowest BCUT2D eigenvalue weighted by molar-refractivity contribution is -0.142. The number of hydrogen-bond acceptors (Lipinski definition) is 7. The van der Waals surface area contributed by atoms with Gasteiger partial charge in [0.15, 0.2) is 5.76 Å². The summed E-state index contributed by atoms with van der Waals surface area (Å²) in [6.45, 7) is 8.72. The SMILES string of the molecule is CCN(CC)CCCN(C(=O)Cn1nnc(-c2ccc(C)o2)n1)C(C(=O)NC1CCCC1)c1ccc(F)cc1. The molecular formula is C28H38FN7O3. The highest BCUT2D eigenvalue weighted by atomic mass is 19.1. The van der Waals surface area contributed by atoms with Crippen LogP contribution in [-0.2, 0) is 16.1 Å². The molecule has 1 aromatic carbocycles. The molecule has 4 rings (SSSR count). The van der Waals surface area contributed by atoms with Gasteiger partial charge in [0.05, 0.1) is 0 Å². The summed E-state index contributed by atoms with van der Waals surface area (Å²) in [5.74, 6) is 0.460. The summed E-state index contributed by atoms with van der Waals surface area (Å²) in [5, 5.41) is 15.5. The quantitative estimate of drug-likeness (QED) is 0.352. The van der Waals surface area contributed by atoms with Crippen LogP contribution in [-0.4, -0.2) is 74.0 Å². The fraction of sp³-hybridized carbons (Fsp3) is 0.536. The zero-order chi connectivity index (χ0) is 27.8. The molecule has 1 aliphatic carbocycles. The molecule has 1 saturated carbocycles. The van der Waals surface area contributed by atoms with Crippen LogP contribution in [0.2, 0.25) is 0 Å². The number of benzene rings is 1. The lowest BCUT2D eigenvalue weighted by atomic mass is 10.0. The van der Waals surface area contributed by atoms with Crippen LogP contribution in [0, 0.1) is 12.7 Å². The molecule has 1 fully saturated rings. The molecule has 2 heterocycles. The smallest absolute Gasteiger partial charge is 0.247 e. The second-order valence-electron chi connectivity index (χ2n) is 9.97. The number of rotatable bonds is 13. The first kappa shape index (κ1) is 28.4. The van der Waals surface area contributed by atoms with E-state index in [1.54, 1.807) is 29.2 Å². The van der Waals surface area contributed by atoms with Gasteiger partial charge in [0.25, 0.3) is 0 Å². The fourth-order valence-electron chi connectivity index (χ4n) is 5.05. The zero-order valence-corrected chi connectivity index (χ0v) is 23.0. The van der Waals surface area contributed by atoms with E-state index in [1.165, 1.54) is 16.9 Å². The minimum Gasteiger partial charge on any atom is -0.458 e. The van der Waals surface area contributed by atoms with Gasteiger partial charge in [0, 0.05) is 12.6 Å². The monoisotopic (exact) mass is 539 g/mol. The second-order valence-corrected chi connectivity index (χ2v) is 9.97. The van der Waals surface area contributed by atoms with Gasteiger partial charge in [0.1, 0.15) is 24.2 Å². The first-order valence-corrected chi connectivity index (χ1v) is 13.8. The largest absolute Gasteiger partial charge is 0.458 e. The molecule has 210 valence electrons. The van der Waals surface area contributed by atoms with E-state index in [2.05, 4.69) is 39.5 Å². The van der Waals surface area contributed by atoms with Crippen molar-refractivity contribution >= 4 is 11.8 Å². The number of tetrazole rings is 1. The normalized spacial score (nSPS) is 14.6.